The fourth-order valence-corrected chi connectivity index (χ4v) is 1.07. The summed E-state index contributed by atoms with van der Waals surface area (Å²) in [5, 5.41) is 3.93. The van der Waals surface area contributed by atoms with Crippen LogP contribution in [-0.4, -0.2) is 9.78 Å². The van der Waals surface area contributed by atoms with Gasteiger partial charge < -0.3 is 0 Å². The molecule has 11 heavy (non-hydrogen) atoms. The largest absolute Gasteiger partial charge is 0.262 e. The predicted octanol–water partition coefficient (Wildman–Crippen LogP) is 2.09. The van der Waals surface area contributed by atoms with Crippen LogP contribution in [0.15, 0.2) is 6.20 Å². The van der Waals surface area contributed by atoms with Crippen LogP contribution in [0.2, 0.25) is 0 Å². The minimum atomic E-state index is -0.236. The zero-order chi connectivity index (χ0) is 8.65. The molecule has 0 saturated carbocycles. The number of hydrogen-bond donors (Lipinski definition) is 0. The van der Waals surface area contributed by atoms with Gasteiger partial charge in [-0.1, -0.05) is 0 Å². The Morgan fingerprint density at radius 3 is 2.18 bits per heavy atom. The number of aromatic nitrogens is 2. The van der Waals surface area contributed by atoms with Crippen LogP contribution in [0.5, 0.6) is 0 Å². The summed E-state index contributed by atoms with van der Waals surface area (Å²) in [6.45, 7) is 7.71. The van der Waals surface area contributed by atoms with Crippen molar-refractivity contribution in [3.63, 3.8) is 0 Å². The summed E-state index contributed by atoms with van der Waals surface area (Å²) < 4.78 is 14.5. The van der Waals surface area contributed by atoms with Crippen molar-refractivity contribution in [3.05, 3.63) is 17.7 Å². The third kappa shape index (κ3) is 1.42. The summed E-state index contributed by atoms with van der Waals surface area (Å²) in [6.07, 6.45) is 1.25. The van der Waals surface area contributed by atoms with E-state index < -0.39 is 0 Å². The molecule has 0 aromatic carbocycles. The van der Waals surface area contributed by atoms with Gasteiger partial charge >= 0.3 is 0 Å². The SMILES string of the molecule is Cc1c(F)cnn1C(C)(C)C. The van der Waals surface area contributed by atoms with E-state index in [4.69, 9.17) is 0 Å². The van der Waals surface area contributed by atoms with E-state index in [-0.39, 0.29) is 11.4 Å². The molecule has 0 N–H and O–H groups in total. The molecule has 0 saturated heterocycles. The molecule has 0 bridgehead atoms. The van der Waals surface area contributed by atoms with Crippen molar-refractivity contribution in [2.75, 3.05) is 0 Å². The van der Waals surface area contributed by atoms with Crippen molar-refractivity contribution in [2.24, 2.45) is 0 Å². The highest BCUT2D eigenvalue weighted by Gasteiger charge is 2.17. The highest BCUT2D eigenvalue weighted by atomic mass is 19.1. The Kier molecular flexibility index (Phi) is 1.74. The molecule has 62 valence electrons. The quantitative estimate of drug-likeness (QED) is 0.562. The third-order valence-electron chi connectivity index (χ3n) is 1.59. The van der Waals surface area contributed by atoms with Gasteiger partial charge in [0.2, 0.25) is 0 Å². The van der Waals surface area contributed by atoms with E-state index in [1.165, 1.54) is 6.20 Å². The first kappa shape index (κ1) is 8.24. The van der Waals surface area contributed by atoms with Gasteiger partial charge in [0.05, 0.1) is 17.4 Å². The highest BCUT2D eigenvalue weighted by Crippen LogP contribution is 2.16. The second-order valence-corrected chi connectivity index (χ2v) is 3.66. The van der Waals surface area contributed by atoms with E-state index in [1.807, 2.05) is 20.8 Å². The Morgan fingerprint density at radius 2 is 2.00 bits per heavy atom. The van der Waals surface area contributed by atoms with Gasteiger partial charge in [-0.25, -0.2) is 4.39 Å². The van der Waals surface area contributed by atoms with Crippen LogP contribution in [-0.2, 0) is 5.54 Å². The first-order valence-corrected chi connectivity index (χ1v) is 3.63. The molecule has 0 fully saturated rings. The van der Waals surface area contributed by atoms with Crippen molar-refractivity contribution < 1.29 is 4.39 Å². The molecular formula is C8H13FN2. The molecule has 0 aliphatic heterocycles. The van der Waals surface area contributed by atoms with Crippen LogP contribution in [0.1, 0.15) is 26.5 Å². The van der Waals surface area contributed by atoms with E-state index in [0.717, 1.165) is 0 Å². The van der Waals surface area contributed by atoms with Crippen molar-refractivity contribution in [2.45, 2.75) is 33.2 Å². The minimum absolute atomic E-state index is 0.131. The van der Waals surface area contributed by atoms with Crippen LogP contribution in [0.25, 0.3) is 0 Å². The Bertz CT molecular complexity index is 258. The lowest BCUT2D eigenvalue weighted by atomic mass is 10.1. The molecule has 2 nitrogen and oxygen atoms in total. The normalized spacial score (nSPS) is 12.1. The number of hydrogen-bond acceptors (Lipinski definition) is 1. The van der Waals surface area contributed by atoms with E-state index in [9.17, 15) is 4.39 Å². The predicted molar refractivity (Wildman–Crippen MR) is 41.9 cm³/mol. The Hall–Kier alpha value is -0.860. The van der Waals surface area contributed by atoms with Gasteiger partial charge in [-0.15, -0.1) is 0 Å². The second-order valence-electron chi connectivity index (χ2n) is 3.66. The molecule has 0 amide bonds. The zero-order valence-electron chi connectivity index (χ0n) is 7.35. The molecule has 0 radical (unpaired) electrons. The van der Waals surface area contributed by atoms with Gasteiger partial charge in [0.25, 0.3) is 0 Å². The van der Waals surface area contributed by atoms with E-state index in [2.05, 4.69) is 5.10 Å². The Labute approximate surface area is 66.0 Å². The van der Waals surface area contributed by atoms with Crippen LogP contribution < -0.4 is 0 Å². The first-order chi connectivity index (χ1) is 4.93. The molecule has 0 atom stereocenters. The maximum atomic E-state index is 12.8. The van der Waals surface area contributed by atoms with Gasteiger partial charge in [-0.3, -0.25) is 4.68 Å². The molecule has 0 aliphatic carbocycles. The fraction of sp³-hybridized carbons (Fsp3) is 0.625. The summed E-state index contributed by atoms with van der Waals surface area (Å²) >= 11 is 0. The summed E-state index contributed by atoms with van der Waals surface area (Å²) in [7, 11) is 0. The summed E-state index contributed by atoms with van der Waals surface area (Å²) in [4.78, 5) is 0. The lowest BCUT2D eigenvalue weighted by Gasteiger charge is -2.20. The van der Waals surface area contributed by atoms with Gasteiger partial charge in [-0.2, -0.15) is 5.10 Å². The summed E-state index contributed by atoms with van der Waals surface area (Å²) in [5.41, 5.74) is 0.464. The molecule has 1 heterocycles. The molecule has 3 heteroatoms. The standard InChI is InChI=1S/C8H13FN2/c1-6-7(9)5-10-11(6)8(2,3)4/h5H,1-4H3. The molecule has 0 unspecified atom stereocenters. The van der Waals surface area contributed by atoms with Crippen molar-refractivity contribution in [3.8, 4) is 0 Å². The number of nitrogens with zero attached hydrogens (tertiary/aromatic N) is 2. The monoisotopic (exact) mass is 156 g/mol. The van der Waals surface area contributed by atoms with Gasteiger partial charge in [0.1, 0.15) is 0 Å². The third-order valence-corrected chi connectivity index (χ3v) is 1.59. The van der Waals surface area contributed by atoms with Crippen molar-refractivity contribution >= 4 is 0 Å². The molecule has 1 rings (SSSR count). The molecule has 1 aromatic heterocycles. The minimum Gasteiger partial charge on any atom is -0.262 e. The fourth-order valence-electron chi connectivity index (χ4n) is 1.07. The number of rotatable bonds is 0. The Balaban J connectivity index is 3.15. The average Bonchev–Trinajstić information content (AvgIpc) is 2.11. The van der Waals surface area contributed by atoms with Crippen LogP contribution in [0, 0.1) is 12.7 Å². The van der Waals surface area contributed by atoms with Crippen molar-refractivity contribution in [1.82, 2.24) is 9.78 Å². The van der Waals surface area contributed by atoms with Gasteiger partial charge in [0, 0.05) is 0 Å². The van der Waals surface area contributed by atoms with E-state index in [0.29, 0.717) is 5.69 Å². The second kappa shape index (κ2) is 2.32. The average molecular weight is 156 g/mol. The topological polar surface area (TPSA) is 17.8 Å². The lowest BCUT2D eigenvalue weighted by molar-refractivity contribution is 0.345. The zero-order valence-corrected chi connectivity index (χ0v) is 7.35. The number of halogens is 1. The molecular weight excluding hydrogens is 143 g/mol. The molecule has 0 spiro atoms. The van der Waals surface area contributed by atoms with Gasteiger partial charge in [-0.05, 0) is 27.7 Å². The maximum Gasteiger partial charge on any atom is 0.163 e. The first-order valence-electron chi connectivity index (χ1n) is 3.63. The molecule has 0 aliphatic rings. The van der Waals surface area contributed by atoms with Gasteiger partial charge in [0.15, 0.2) is 5.82 Å². The summed E-state index contributed by atoms with van der Waals surface area (Å²) in [5.74, 6) is -0.236. The molecule has 1 aromatic rings. The smallest absolute Gasteiger partial charge is 0.163 e. The van der Waals surface area contributed by atoms with E-state index in [1.54, 1.807) is 11.6 Å². The van der Waals surface area contributed by atoms with Crippen molar-refractivity contribution in [1.29, 1.82) is 0 Å². The van der Waals surface area contributed by atoms with Crippen LogP contribution in [0.4, 0.5) is 4.39 Å². The van der Waals surface area contributed by atoms with E-state index >= 15 is 0 Å². The van der Waals surface area contributed by atoms with Crippen LogP contribution >= 0.6 is 0 Å². The highest BCUT2D eigenvalue weighted by molar-refractivity contribution is 5.03. The Morgan fingerprint density at radius 1 is 1.45 bits per heavy atom. The van der Waals surface area contributed by atoms with Crippen LogP contribution in [0.3, 0.4) is 0 Å². The summed E-state index contributed by atoms with van der Waals surface area (Å²) in [6, 6.07) is 0. The maximum absolute atomic E-state index is 12.8. The lowest BCUT2D eigenvalue weighted by Crippen LogP contribution is -2.24.